The van der Waals surface area contributed by atoms with Gasteiger partial charge in [-0.1, -0.05) is 37.4 Å². The first-order chi connectivity index (χ1) is 15.2. The molecule has 0 saturated heterocycles. The molecular weight excluding hydrogens is 415 g/mol. The van der Waals surface area contributed by atoms with E-state index in [4.69, 9.17) is 14.2 Å². The van der Waals surface area contributed by atoms with Gasteiger partial charge in [0.2, 0.25) is 0 Å². The van der Waals surface area contributed by atoms with E-state index in [1.165, 1.54) is 19.9 Å². The minimum Gasteiger partial charge on any atom is -0.462 e. The number of ether oxygens (including phenoxy) is 3. The van der Waals surface area contributed by atoms with Gasteiger partial charge in [-0.15, -0.1) is 0 Å². The molecule has 2 aromatic rings. The van der Waals surface area contributed by atoms with Crippen molar-refractivity contribution < 1.29 is 33.0 Å². The van der Waals surface area contributed by atoms with Crippen molar-refractivity contribution in [3.05, 3.63) is 78.1 Å². The molecule has 2 aromatic carbocycles. The van der Waals surface area contributed by atoms with E-state index < -0.39 is 17.8 Å². The smallest absolute Gasteiger partial charge is 0.333 e. The molecule has 168 valence electrons. The molecule has 2 rings (SSSR count). The lowest BCUT2D eigenvalue weighted by Gasteiger charge is -2.18. The predicted octanol–water partition coefficient (Wildman–Crippen LogP) is 4.43. The zero-order chi connectivity index (χ0) is 23.7. The third-order valence-electron chi connectivity index (χ3n) is 4.50. The Morgan fingerprint density at radius 3 is 2.00 bits per heavy atom. The van der Waals surface area contributed by atoms with E-state index in [2.05, 4.69) is 13.2 Å². The molecule has 0 heterocycles. The maximum atomic E-state index is 14.8. The van der Waals surface area contributed by atoms with E-state index in [1.54, 1.807) is 36.4 Å². The first-order valence-electron chi connectivity index (χ1n) is 9.85. The third kappa shape index (κ3) is 7.19. The van der Waals surface area contributed by atoms with Crippen LogP contribution < -0.4 is 4.74 Å². The summed E-state index contributed by atoms with van der Waals surface area (Å²) in [6.45, 7) is 10.4. The van der Waals surface area contributed by atoms with Gasteiger partial charge in [-0.05, 0) is 49.6 Å². The molecule has 0 fully saturated rings. The molecule has 0 unspecified atom stereocenters. The zero-order valence-electron chi connectivity index (χ0n) is 18.1. The molecule has 0 bridgehead atoms. The highest BCUT2D eigenvalue weighted by Gasteiger charge is 2.18. The van der Waals surface area contributed by atoms with Gasteiger partial charge in [-0.3, -0.25) is 4.79 Å². The molecule has 0 aliphatic rings. The minimum atomic E-state index is -0.551. The summed E-state index contributed by atoms with van der Waals surface area (Å²) < 4.78 is 29.9. The summed E-state index contributed by atoms with van der Waals surface area (Å²) in [5, 5.41) is 0. The molecule has 0 spiro atoms. The highest BCUT2D eigenvalue weighted by atomic mass is 19.1. The number of hydrogen-bond donors (Lipinski definition) is 0. The standard InChI is InChI=1S/C25H25FO6/c1-16(2)24(28)30-13-19(14-31-25(29)17(3)4)11-18-5-10-22(23(26)12-18)20-6-8-21(9-7-20)32-15-27/h5-10,12,15,19H,1,3,11,13-14H2,2,4H3. The van der Waals surface area contributed by atoms with Crippen molar-refractivity contribution in [2.75, 3.05) is 13.2 Å². The van der Waals surface area contributed by atoms with Crippen LogP contribution in [0.1, 0.15) is 19.4 Å². The summed E-state index contributed by atoms with van der Waals surface area (Å²) in [5.74, 6) is -1.57. The first-order valence-corrected chi connectivity index (χ1v) is 9.85. The molecule has 0 saturated carbocycles. The number of hydrogen-bond acceptors (Lipinski definition) is 6. The Kier molecular flexibility index (Phi) is 8.89. The van der Waals surface area contributed by atoms with Crippen molar-refractivity contribution in [3.63, 3.8) is 0 Å². The second-order valence-corrected chi connectivity index (χ2v) is 7.38. The van der Waals surface area contributed by atoms with Crippen molar-refractivity contribution in [1.29, 1.82) is 0 Å². The number of esters is 2. The summed E-state index contributed by atoms with van der Waals surface area (Å²) in [4.78, 5) is 33.9. The predicted molar refractivity (Wildman–Crippen MR) is 117 cm³/mol. The molecule has 0 amide bonds. The molecular formula is C25H25FO6. The Morgan fingerprint density at radius 1 is 0.969 bits per heavy atom. The van der Waals surface area contributed by atoms with Gasteiger partial charge < -0.3 is 14.2 Å². The molecule has 0 aliphatic carbocycles. The SMILES string of the molecule is C=C(C)C(=O)OCC(COC(=O)C(=C)C)Cc1ccc(-c2ccc(OC=O)cc2)c(F)c1. The van der Waals surface area contributed by atoms with Gasteiger partial charge in [-0.25, -0.2) is 14.0 Å². The maximum absolute atomic E-state index is 14.8. The second kappa shape index (κ2) is 11.6. The van der Waals surface area contributed by atoms with Gasteiger partial charge in [0.25, 0.3) is 6.47 Å². The van der Waals surface area contributed by atoms with E-state index in [0.717, 1.165) is 0 Å². The first kappa shape index (κ1) is 24.5. The number of halogens is 1. The van der Waals surface area contributed by atoms with Crippen molar-refractivity contribution >= 4 is 18.4 Å². The quantitative estimate of drug-likeness (QED) is 0.292. The lowest BCUT2D eigenvalue weighted by atomic mass is 9.97. The van der Waals surface area contributed by atoms with Crippen molar-refractivity contribution in [2.24, 2.45) is 5.92 Å². The number of carbonyl (C=O) groups excluding carboxylic acids is 3. The zero-order valence-corrected chi connectivity index (χ0v) is 18.1. The van der Waals surface area contributed by atoms with Gasteiger partial charge in [-0.2, -0.15) is 0 Å². The lowest BCUT2D eigenvalue weighted by molar-refractivity contribution is -0.144. The van der Waals surface area contributed by atoms with Crippen LogP contribution in [0.5, 0.6) is 5.75 Å². The lowest BCUT2D eigenvalue weighted by Crippen LogP contribution is -2.23. The molecule has 32 heavy (non-hydrogen) atoms. The van der Waals surface area contributed by atoms with E-state index in [0.29, 0.717) is 35.3 Å². The largest absolute Gasteiger partial charge is 0.462 e. The van der Waals surface area contributed by atoms with Crippen LogP contribution in [0.4, 0.5) is 4.39 Å². The highest BCUT2D eigenvalue weighted by molar-refractivity contribution is 5.87. The Balaban J connectivity index is 2.14. The molecule has 7 heteroatoms. The van der Waals surface area contributed by atoms with Crippen molar-refractivity contribution in [3.8, 4) is 16.9 Å². The molecule has 0 atom stereocenters. The fourth-order valence-electron chi connectivity index (χ4n) is 2.82. The van der Waals surface area contributed by atoms with Gasteiger partial charge in [0.05, 0.1) is 13.2 Å². The monoisotopic (exact) mass is 440 g/mol. The van der Waals surface area contributed by atoms with Crippen molar-refractivity contribution in [2.45, 2.75) is 20.3 Å². The van der Waals surface area contributed by atoms with Crippen LogP contribution in [0.25, 0.3) is 11.1 Å². The van der Waals surface area contributed by atoms with Gasteiger partial charge in [0, 0.05) is 22.6 Å². The summed E-state index contributed by atoms with van der Waals surface area (Å²) in [6, 6.07) is 11.2. The van der Waals surface area contributed by atoms with Gasteiger partial charge >= 0.3 is 11.9 Å². The second-order valence-electron chi connectivity index (χ2n) is 7.38. The van der Waals surface area contributed by atoms with E-state index >= 15 is 0 Å². The Morgan fingerprint density at radius 2 is 1.53 bits per heavy atom. The molecule has 0 N–H and O–H groups in total. The fraction of sp³-hybridized carbons (Fsp3) is 0.240. The summed E-state index contributed by atoms with van der Waals surface area (Å²) in [7, 11) is 0. The molecule has 6 nitrogen and oxygen atoms in total. The summed E-state index contributed by atoms with van der Waals surface area (Å²) in [6.07, 6.45) is 0.316. The Labute approximate surface area is 186 Å². The topological polar surface area (TPSA) is 78.9 Å². The fourth-order valence-corrected chi connectivity index (χ4v) is 2.82. The third-order valence-corrected chi connectivity index (χ3v) is 4.50. The average Bonchev–Trinajstić information content (AvgIpc) is 2.76. The number of rotatable bonds is 11. The molecule has 0 aliphatic heterocycles. The minimum absolute atomic E-state index is 0.0171. The highest BCUT2D eigenvalue weighted by Crippen LogP contribution is 2.26. The summed E-state index contributed by atoms with van der Waals surface area (Å²) in [5.41, 5.74) is 2.15. The average molecular weight is 440 g/mol. The van der Waals surface area contributed by atoms with Crippen LogP contribution >= 0.6 is 0 Å². The van der Waals surface area contributed by atoms with Crippen molar-refractivity contribution in [1.82, 2.24) is 0 Å². The summed E-state index contributed by atoms with van der Waals surface area (Å²) >= 11 is 0. The molecule has 0 radical (unpaired) electrons. The Hall–Kier alpha value is -3.74. The van der Waals surface area contributed by atoms with Crippen LogP contribution in [0.3, 0.4) is 0 Å². The van der Waals surface area contributed by atoms with E-state index in [1.807, 2.05) is 0 Å². The van der Waals surface area contributed by atoms with Crippen LogP contribution in [0.15, 0.2) is 66.8 Å². The Bertz CT molecular complexity index is 980. The van der Waals surface area contributed by atoms with E-state index in [9.17, 15) is 18.8 Å². The van der Waals surface area contributed by atoms with Gasteiger partial charge in [0.15, 0.2) is 0 Å². The van der Waals surface area contributed by atoms with Crippen LogP contribution in [-0.2, 0) is 30.3 Å². The normalized spacial score (nSPS) is 10.4. The maximum Gasteiger partial charge on any atom is 0.333 e. The number of carbonyl (C=O) groups is 3. The van der Waals surface area contributed by atoms with Crippen LogP contribution in [0, 0.1) is 11.7 Å². The number of benzene rings is 2. The van der Waals surface area contributed by atoms with E-state index in [-0.39, 0.29) is 30.3 Å². The van der Waals surface area contributed by atoms with Gasteiger partial charge in [0.1, 0.15) is 11.6 Å². The van der Waals surface area contributed by atoms with Crippen LogP contribution in [-0.4, -0.2) is 31.6 Å². The molecule has 0 aromatic heterocycles. The van der Waals surface area contributed by atoms with Crippen LogP contribution in [0.2, 0.25) is 0 Å².